The largest absolute Gasteiger partial charge is 0.234 e. The van der Waals surface area contributed by atoms with Gasteiger partial charge in [-0.3, -0.25) is 0 Å². The van der Waals surface area contributed by atoms with Crippen LogP contribution < -0.4 is 0 Å². The molecule has 0 aliphatic rings. The van der Waals surface area contributed by atoms with Gasteiger partial charge in [0.05, 0.1) is 0 Å². The maximum atomic E-state index is 4.53. The molecule has 25 heavy (non-hydrogen) atoms. The Morgan fingerprint density at radius 3 is 1.44 bits per heavy atom. The summed E-state index contributed by atoms with van der Waals surface area (Å²) >= 11 is 0. The number of rotatable bonds is 3. The highest BCUT2D eigenvalue weighted by Gasteiger charge is 2.14. The lowest BCUT2D eigenvalue weighted by Gasteiger charge is -2.06. The van der Waals surface area contributed by atoms with Crippen LogP contribution in [0.25, 0.3) is 34.7 Å². The van der Waals surface area contributed by atoms with Crippen LogP contribution in [0.3, 0.4) is 0 Å². The Balaban J connectivity index is 1.90. The summed E-state index contributed by atoms with van der Waals surface area (Å²) in [6, 6.07) is 11.4. The first-order valence-corrected chi connectivity index (χ1v) is 7.67. The van der Waals surface area contributed by atoms with Gasteiger partial charge >= 0.3 is 0 Å². The Labute approximate surface area is 144 Å². The van der Waals surface area contributed by atoms with Crippen molar-refractivity contribution in [3.8, 4) is 34.7 Å². The molecular formula is C18H13N7. The fourth-order valence-electron chi connectivity index (χ4n) is 2.24. The third-order valence-electron chi connectivity index (χ3n) is 3.48. The van der Waals surface area contributed by atoms with Gasteiger partial charge in [-0.15, -0.1) is 0 Å². The van der Waals surface area contributed by atoms with Gasteiger partial charge in [-0.1, -0.05) is 29.8 Å². The van der Waals surface area contributed by atoms with Gasteiger partial charge in [-0.25, -0.2) is 34.9 Å². The summed E-state index contributed by atoms with van der Waals surface area (Å²) < 4.78 is 0. The van der Waals surface area contributed by atoms with E-state index in [1.807, 2.05) is 31.2 Å². The first kappa shape index (κ1) is 14.9. The molecule has 0 N–H and O–H groups in total. The number of aromatic nitrogens is 7. The monoisotopic (exact) mass is 327 g/mol. The van der Waals surface area contributed by atoms with Crippen LogP contribution in [0.1, 0.15) is 5.56 Å². The second-order valence-electron chi connectivity index (χ2n) is 5.32. The van der Waals surface area contributed by atoms with Crippen LogP contribution in [0.5, 0.6) is 0 Å². The van der Waals surface area contributed by atoms with Gasteiger partial charge in [-0.2, -0.15) is 0 Å². The fourth-order valence-corrected chi connectivity index (χ4v) is 2.24. The minimum atomic E-state index is 0.383. The highest BCUT2D eigenvalue weighted by molar-refractivity contribution is 5.61. The highest BCUT2D eigenvalue weighted by Crippen LogP contribution is 2.21. The zero-order valence-corrected chi connectivity index (χ0v) is 13.4. The Morgan fingerprint density at radius 1 is 0.520 bits per heavy atom. The van der Waals surface area contributed by atoms with Crippen LogP contribution in [0.2, 0.25) is 0 Å². The quantitative estimate of drug-likeness (QED) is 0.571. The lowest BCUT2D eigenvalue weighted by Crippen LogP contribution is -2.03. The first-order valence-electron chi connectivity index (χ1n) is 7.67. The van der Waals surface area contributed by atoms with Crippen molar-refractivity contribution in [1.29, 1.82) is 0 Å². The highest BCUT2D eigenvalue weighted by atomic mass is 15.1. The summed E-state index contributed by atoms with van der Waals surface area (Å²) in [7, 11) is 0. The smallest absolute Gasteiger partial charge is 0.201 e. The van der Waals surface area contributed by atoms with Gasteiger partial charge in [0.2, 0.25) is 11.6 Å². The van der Waals surface area contributed by atoms with Gasteiger partial charge in [0.25, 0.3) is 0 Å². The van der Waals surface area contributed by atoms with E-state index in [1.54, 1.807) is 36.9 Å². The molecule has 0 radical (unpaired) electrons. The van der Waals surface area contributed by atoms with Gasteiger partial charge in [-0.05, 0) is 19.1 Å². The third-order valence-corrected chi connectivity index (χ3v) is 3.48. The Hall–Kier alpha value is -3.61. The summed E-state index contributed by atoms with van der Waals surface area (Å²) in [5.74, 6) is 2.15. The lowest BCUT2D eigenvalue weighted by atomic mass is 10.1. The molecule has 7 heteroatoms. The van der Waals surface area contributed by atoms with Gasteiger partial charge in [0.15, 0.2) is 17.5 Å². The molecule has 0 spiro atoms. The lowest BCUT2D eigenvalue weighted by molar-refractivity contribution is 1.00. The second kappa shape index (κ2) is 6.48. The SMILES string of the molecule is Cc1ccc(-c2nc(-c3ncccn3)nc(-c3ncccn3)n2)cc1. The molecule has 4 aromatic rings. The van der Waals surface area contributed by atoms with E-state index in [4.69, 9.17) is 0 Å². The van der Waals surface area contributed by atoms with Crippen LogP contribution in [0.15, 0.2) is 61.2 Å². The molecule has 0 saturated heterocycles. The standard InChI is InChI=1S/C18H13N7/c1-12-4-6-13(7-5-12)14-23-17(15-19-8-2-9-20-15)25-18(24-14)16-21-10-3-11-22-16/h2-11H,1H3. The van der Waals surface area contributed by atoms with Gasteiger partial charge in [0.1, 0.15) is 0 Å². The van der Waals surface area contributed by atoms with Crippen molar-refractivity contribution in [3.05, 3.63) is 66.7 Å². The molecule has 3 heterocycles. The van der Waals surface area contributed by atoms with Crippen molar-refractivity contribution >= 4 is 0 Å². The molecule has 0 bridgehead atoms. The second-order valence-corrected chi connectivity index (χ2v) is 5.32. The van der Waals surface area contributed by atoms with Crippen molar-refractivity contribution in [2.75, 3.05) is 0 Å². The summed E-state index contributed by atoms with van der Waals surface area (Å²) in [6.45, 7) is 2.03. The number of aryl methyl sites for hydroxylation is 1. The zero-order chi connectivity index (χ0) is 17.1. The van der Waals surface area contributed by atoms with E-state index < -0.39 is 0 Å². The maximum Gasteiger partial charge on any atom is 0.201 e. The molecule has 7 nitrogen and oxygen atoms in total. The predicted octanol–water partition coefficient (Wildman–Crippen LogP) is 2.76. The van der Waals surface area contributed by atoms with Crippen LogP contribution in [0.4, 0.5) is 0 Å². The molecule has 0 aliphatic carbocycles. The van der Waals surface area contributed by atoms with E-state index in [2.05, 4.69) is 34.9 Å². The number of benzene rings is 1. The maximum absolute atomic E-state index is 4.53. The topological polar surface area (TPSA) is 90.2 Å². The molecule has 3 aromatic heterocycles. The average Bonchev–Trinajstić information content (AvgIpc) is 2.69. The Morgan fingerprint density at radius 2 is 0.960 bits per heavy atom. The summed E-state index contributed by atoms with van der Waals surface area (Å²) in [5, 5.41) is 0. The zero-order valence-electron chi connectivity index (χ0n) is 13.4. The fraction of sp³-hybridized carbons (Fsp3) is 0.0556. The van der Waals surface area contributed by atoms with Crippen molar-refractivity contribution in [3.63, 3.8) is 0 Å². The summed E-state index contributed by atoms with van der Waals surface area (Å²) in [6.07, 6.45) is 6.60. The third kappa shape index (κ3) is 3.20. The van der Waals surface area contributed by atoms with E-state index in [0.29, 0.717) is 29.1 Å². The predicted molar refractivity (Wildman–Crippen MR) is 92.1 cm³/mol. The molecule has 4 rings (SSSR count). The van der Waals surface area contributed by atoms with E-state index in [9.17, 15) is 0 Å². The molecule has 120 valence electrons. The number of nitrogens with zero attached hydrogens (tertiary/aromatic N) is 7. The minimum Gasteiger partial charge on any atom is -0.234 e. The molecule has 0 atom stereocenters. The molecule has 0 aliphatic heterocycles. The first-order chi connectivity index (χ1) is 12.3. The van der Waals surface area contributed by atoms with Crippen LogP contribution in [-0.2, 0) is 0 Å². The molecule has 1 aromatic carbocycles. The van der Waals surface area contributed by atoms with Gasteiger partial charge in [0, 0.05) is 30.4 Å². The number of hydrogen-bond donors (Lipinski definition) is 0. The number of hydrogen-bond acceptors (Lipinski definition) is 7. The minimum absolute atomic E-state index is 0.383. The Bertz CT molecular complexity index is 929. The van der Waals surface area contributed by atoms with Crippen molar-refractivity contribution in [1.82, 2.24) is 34.9 Å². The summed E-state index contributed by atoms with van der Waals surface area (Å²) in [4.78, 5) is 30.4. The Kier molecular flexibility index (Phi) is 3.88. The van der Waals surface area contributed by atoms with E-state index >= 15 is 0 Å². The van der Waals surface area contributed by atoms with E-state index in [1.165, 1.54) is 0 Å². The van der Waals surface area contributed by atoms with E-state index in [0.717, 1.165) is 11.1 Å². The van der Waals surface area contributed by atoms with Crippen LogP contribution in [0, 0.1) is 6.92 Å². The van der Waals surface area contributed by atoms with Crippen molar-refractivity contribution in [2.24, 2.45) is 0 Å². The molecule has 0 saturated carbocycles. The average molecular weight is 327 g/mol. The van der Waals surface area contributed by atoms with Crippen molar-refractivity contribution < 1.29 is 0 Å². The van der Waals surface area contributed by atoms with Crippen LogP contribution >= 0.6 is 0 Å². The van der Waals surface area contributed by atoms with Crippen molar-refractivity contribution in [2.45, 2.75) is 6.92 Å². The molecule has 0 amide bonds. The molecule has 0 unspecified atom stereocenters. The summed E-state index contributed by atoms with van der Waals surface area (Å²) in [5.41, 5.74) is 2.04. The van der Waals surface area contributed by atoms with Gasteiger partial charge < -0.3 is 0 Å². The van der Waals surface area contributed by atoms with Crippen LogP contribution in [-0.4, -0.2) is 34.9 Å². The molecule has 0 fully saturated rings. The normalized spacial score (nSPS) is 10.6. The molecular weight excluding hydrogens is 314 g/mol. The van der Waals surface area contributed by atoms with E-state index in [-0.39, 0.29) is 0 Å².